The lowest BCUT2D eigenvalue weighted by atomic mass is 10.1. The highest BCUT2D eigenvalue weighted by Crippen LogP contribution is 2.16. The standard InChI is InChI=1S/C18H26N4O/c1-4-17(20(2)3)18(23)22-11-10-21(16(12-19)14-22)13-15-8-6-5-7-9-15/h5-9,16-17H,4,10-11,13-14H2,1-3H3. The van der Waals surface area contributed by atoms with Gasteiger partial charge in [0.05, 0.1) is 12.1 Å². The van der Waals surface area contributed by atoms with Crippen molar-refractivity contribution in [1.82, 2.24) is 14.7 Å². The summed E-state index contributed by atoms with van der Waals surface area (Å²) in [5, 5.41) is 9.50. The third-order valence-electron chi connectivity index (χ3n) is 4.48. The van der Waals surface area contributed by atoms with Crippen molar-refractivity contribution in [3.8, 4) is 6.07 Å². The molecule has 0 spiro atoms. The van der Waals surface area contributed by atoms with Gasteiger partial charge in [-0.3, -0.25) is 14.6 Å². The van der Waals surface area contributed by atoms with E-state index in [0.29, 0.717) is 13.1 Å². The third-order valence-corrected chi connectivity index (χ3v) is 4.48. The molecule has 1 aromatic rings. The van der Waals surface area contributed by atoms with Gasteiger partial charge in [0.2, 0.25) is 5.91 Å². The Kier molecular flexibility index (Phi) is 6.14. The number of piperazine rings is 1. The molecule has 0 saturated carbocycles. The van der Waals surface area contributed by atoms with E-state index in [4.69, 9.17) is 0 Å². The minimum absolute atomic E-state index is 0.102. The molecule has 1 heterocycles. The highest BCUT2D eigenvalue weighted by Gasteiger charge is 2.32. The number of likely N-dealkylation sites (N-methyl/N-ethyl adjacent to an activating group) is 1. The van der Waals surface area contributed by atoms with Crippen LogP contribution in [0.3, 0.4) is 0 Å². The number of carbonyl (C=O) groups excluding carboxylic acids is 1. The SMILES string of the molecule is CCC(C(=O)N1CCN(Cc2ccccc2)C(C#N)C1)N(C)C. The molecule has 0 aliphatic carbocycles. The van der Waals surface area contributed by atoms with Gasteiger partial charge in [-0.2, -0.15) is 5.26 Å². The number of hydrogen-bond acceptors (Lipinski definition) is 4. The molecule has 0 aromatic heterocycles. The maximum absolute atomic E-state index is 12.7. The van der Waals surface area contributed by atoms with Gasteiger partial charge in [-0.1, -0.05) is 37.3 Å². The van der Waals surface area contributed by atoms with Gasteiger partial charge in [-0.25, -0.2) is 0 Å². The Morgan fingerprint density at radius 1 is 1.35 bits per heavy atom. The Morgan fingerprint density at radius 3 is 2.61 bits per heavy atom. The van der Waals surface area contributed by atoms with Crippen molar-refractivity contribution < 1.29 is 4.79 Å². The van der Waals surface area contributed by atoms with Crippen molar-refractivity contribution in [2.24, 2.45) is 0 Å². The van der Waals surface area contributed by atoms with Gasteiger partial charge in [-0.15, -0.1) is 0 Å². The van der Waals surface area contributed by atoms with E-state index in [1.54, 1.807) is 0 Å². The smallest absolute Gasteiger partial charge is 0.240 e. The fourth-order valence-corrected chi connectivity index (χ4v) is 3.12. The van der Waals surface area contributed by atoms with E-state index in [-0.39, 0.29) is 18.0 Å². The Bertz CT molecular complexity index is 552. The second-order valence-corrected chi connectivity index (χ2v) is 6.27. The highest BCUT2D eigenvalue weighted by atomic mass is 16.2. The largest absolute Gasteiger partial charge is 0.337 e. The van der Waals surface area contributed by atoms with Crippen LogP contribution < -0.4 is 0 Å². The molecule has 1 fully saturated rings. The maximum Gasteiger partial charge on any atom is 0.240 e. The van der Waals surface area contributed by atoms with Crippen LogP contribution in [0.1, 0.15) is 18.9 Å². The molecule has 1 aliphatic heterocycles. The number of hydrogen-bond donors (Lipinski definition) is 0. The molecule has 5 heteroatoms. The van der Waals surface area contributed by atoms with Crippen molar-refractivity contribution in [2.75, 3.05) is 33.7 Å². The van der Waals surface area contributed by atoms with Crippen LogP contribution in [0.2, 0.25) is 0 Å². The monoisotopic (exact) mass is 314 g/mol. The van der Waals surface area contributed by atoms with E-state index in [2.05, 4.69) is 23.1 Å². The van der Waals surface area contributed by atoms with Gasteiger partial charge in [0.15, 0.2) is 0 Å². The fraction of sp³-hybridized carbons (Fsp3) is 0.556. The molecule has 23 heavy (non-hydrogen) atoms. The molecule has 1 aromatic carbocycles. The zero-order valence-electron chi connectivity index (χ0n) is 14.3. The molecule has 2 atom stereocenters. The number of rotatable bonds is 5. The summed E-state index contributed by atoms with van der Waals surface area (Å²) in [6.07, 6.45) is 0.785. The molecule has 1 saturated heterocycles. The van der Waals surface area contributed by atoms with Gasteiger partial charge >= 0.3 is 0 Å². The van der Waals surface area contributed by atoms with Crippen LogP contribution in [0, 0.1) is 11.3 Å². The van der Waals surface area contributed by atoms with Crippen LogP contribution in [0.15, 0.2) is 30.3 Å². The lowest BCUT2D eigenvalue weighted by Crippen LogP contribution is -2.57. The Morgan fingerprint density at radius 2 is 2.04 bits per heavy atom. The van der Waals surface area contributed by atoms with E-state index < -0.39 is 0 Å². The summed E-state index contributed by atoms with van der Waals surface area (Å²) in [5.41, 5.74) is 1.20. The normalized spacial score (nSPS) is 20.3. The molecule has 5 nitrogen and oxygen atoms in total. The van der Waals surface area contributed by atoms with E-state index in [0.717, 1.165) is 19.5 Å². The average molecular weight is 314 g/mol. The first-order valence-corrected chi connectivity index (χ1v) is 8.19. The molecular formula is C18H26N4O. The van der Waals surface area contributed by atoms with E-state index in [9.17, 15) is 10.1 Å². The summed E-state index contributed by atoms with van der Waals surface area (Å²) in [7, 11) is 3.86. The van der Waals surface area contributed by atoms with Gasteiger partial charge < -0.3 is 4.90 Å². The molecule has 0 N–H and O–H groups in total. The number of nitrogens with zero attached hydrogens (tertiary/aromatic N) is 4. The lowest BCUT2D eigenvalue weighted by molar-refractivity contribution is -0.138. The van der Waals surface area contributed by atoms with Crippen LogP contribution in [0.25, 0.3) is 0 Å². The molecular weight excluding hydrogens is 288 g/mol. The van der Waals surface area contributed by atoms with Crippen molar-refractivity contribution >= 4 is 5.91 Å². The van der Waals surface area contributed by atoms with E-state index >= 15 is 0 Å². The summed E-state index contributed by atoms with van der Waals surface area (Å²) >= 11 is 0. The Balaban J connectivity index is 2.01. The first-order chi connectivity index (χ1) is 11.1. The molecule has 0 bridgehead atoms. The average Bonchev–Trinajstić information content (AvgIpc) is 2.56. The van der Waals surface area contributed by atoms with Gasteiger partial charge in [0.25, 0.3) is 0 Å². The molecule has 124 valence electrons. The van der Waals surface area contributed by atoms with Crippen molar-refractivity contribution in [3.63, 3.8) is 0 Å². The summed E-state index contributed by atoms with van der Waals surface area (Å²) in [4.78, 5) is 18.6. The van der Waals surface area contributed by atoms with Crippen LogP contribution >= 0.6 is 0 Å². The minimum atomic E-state index is -0.243. The van der Waals surface area contributed by atoms with Crippen LogP contribution in [0.4, 0.5) is 0 Å². The molecule has 0 radical (unpaired) electrons. The quantitative estimate of drug-likeness (QED) is 0.828. The summed E-state index contributed by atoms with van der Waals surface area (Å²) in [5.74, 6) is 0.136. The van der Waals surface area contributed by atoms with Crippen molar-refractivity contribution in [3.05, 3.63) is 35.9 Å². The topological polar surface area (TPSA) is 50.6 Å². The first-order valence-electron chi connectivity index (χ1n) is 8.19. The van der Waals surface area contributed by atoms with Gasteiger partial charge in [0.1, 0.15) is 6.04 Å². The predicted molar refractivity (Wildman–Crippen MR) is 90.6 cm³/mol. The third kappa shape index (κ3) is 4.31. The highest BCUT2D eigenvalue weighted by molar-refractivity contribution is 5.82. The van der Waals surface area contributed by atoms with Crippen molar-refractivity contribution in [2.45, 2.75) is 32.0 Å². The zero-order chi connectivity index (χ0) is 16.8. The fourth-order valence-electron chi connectivity index (χ4n) is 3.12. The number of nitriles is 1. The van der Waals surface area contributed by atoms with Crippen LogP contribution in [-0.2, 0) is 11.3 Å². The second kappa shape index (κ2) is 8.09. The maximum atomic E-state index is 12.7. The van der Waals surface area contributed by atoms with Crippen molar-refractivity contribution in [1.29, 1.82) is 5.26 Å². The molecule has 2 rings (SSSR count). The zero-order valence-corrected chi connectivity index (χ0v) is 14.3. The second-order valence-electron chi connectivity index (χ2n) is 6.27. The summed E-state index contributed by atoms with van der Waals surface area (Å²) in [6, 6.07) is 12.2. The minimum Gasteiger partial charge on any atom is -0.337 e. The summed E-state index contributed by atoms with van der Waals surface area (Å²) in [6.45, 7) is 4.70. The number of amides is 1. The first kappa shape index (κ1) is 17.5. The van der Waals surface area contributed by atoms with Crippen LogP contribution in [0.5, 0.6) is 0 Å². The number of carbonyl (C=O) groups is 1. The molecule has 2 unspecified atom stereocenters. The Labute approximate surface area is 139 Å². The Hall–Kier alpha value is -1.90. The molecule has 1 amide bonds. The van der Waals surface area contributed by atoms with E-state index in [1.807, 2.05) is 49.0 Å². The lowest BCUT2D eigenvalue weighted by Gasteiger charge is -2.40. The number of benzene rings is 1. The molecule has 1 aliphatic rings. The predicted octanol–water partition coefficient (Wildman–Crippen LogP) is 1.56. The van der Waals surface area contributed by atoms with Gasteiger partial charge in [0, 0.05) is 26.2 Å². The summed E-state index contributed by atoms with van der Waals surface area (Å²) < 4.78 is 0. The van der Waals surface area contributed by atoms with Crippen LogP contribution in [-0.4, -0.2) is 66.4 Å². The van der Waals surface area contributed by atoms with Gasteiger partial charge in [-0.05, 0) is 26.1 Å². The van der Waals surface area contributed by atoms with E-state index in [1.165, 1.54) is 5.56 Å².